The number of carboxylic acids is 1. The molecule has 5 nitrogen and oxygen atoms in total. The molecule has 6 heteroatoms. The lowest BCUT2D eigenvalue weighted by atomic mass is 10.0. The molecule has 0 aliphatic carbocycles. The van der Waals surface area contributed by atoms with Crippen LogP contribution in [0.15, 0.2) is 17.6 Å². The number of thiazole rings is 1. The second-order valence-electron chi connectivity index (χ2n) is 4.63. The maximum Gasteiger partial charge on any atom is 0.356 e. The number of aromatic nitrogens is 1. The van der Waals surface area contributed by atoms with E-state index in [0.29, 0.717) is 16.2 Å². The van der Waals surface area contributed by atoms with Gasteiger partial charge in [-0.1, -0.05) is 0 Å². The second kappa shape index (κ2) is 4.79. The van der Waals surface area contributed by atoms with E-state index in [4.69, 9.17) is 9.47 Å². The van der Waals surface area contributed by atoms with E-state index in [1.54, 1.807) is 7.11 Å². The van der Waals surface area contributed by atoms with Crippen LogP contribution in [0.3, 0.4) is 0 Å². The minimum absolute atomic E-state index is 0.0410. The predicted molar refractivity (Wildman–Crippen MR) is 74.9 cm³/mol. The summed E-state index contributed by atoms with van der Waals surface area (Å²) in [6.45, 7) is 2.00. The number of ether oxygens (including phenoxy) is 2. The summed E-state index contributed by atoms with van der Waals surface area (Å²) in [7, 11) is 1.58. The average Bonchev–Trinajstić information content (AvgIpc) is 3.01. The summed E-state index contributed by atoms with van der Waals surface area (Å²) >= 11 is 1.28. The first-order valence-electron chi connectivity index (χ1n) is 6.15. The molecule has 1 aliphatic heterocycles. The highest BCUT2D eigenvalue weighted by Gasteiger charge is 2.25. The number of hydrogen-bond donors (Lipinski definition) is 1. The van der Waals surface area contributed by atoms with E-state index in [-0.39, 0.29) is 11.8 Å². The van der Waals surface area contributed by atoms with Crippen molar-refractivity contribution in [1.29, 1.82) is 0 Å². The van der Waals surface area contributed by atoms with Crippen molar-refractivity contribution in [3.8, 4) is 21.9 Å². The van der Waals surface area contributed by atoms with E-state index in [1.165, 1.54) is 16.8 Å². The summed E-state index contributed by atoms with van der Waals surface area (Å²) in [6.07, 6.45) is 0.964. The molecule has 1 aromatic heterocycles. The summed E-state index contributed by atoms with van der Waals surface area (Å²) < 4.78 is 11.1. The predicted octanol–water partition coefficient (Wildman–Crippen LogP) is 2.84. The summed E-state index contributed by atoms with van der Waals surface area (Å²) in [5.41, 5.74) is 3.36. The smallest absolute Gasteiger partial charge is 0.356 e. The van der Waals surface area contributed by atoms with E-state index in [9.17, 15) is 9.90 Å². The Labute approximate surface area is 119 Å². The molecule has 0 bridgehead atoms. The van der Waals surface area contributed by atoms with Gasteiger partial charge in [-0.05, 0) is 19.1 Å². The molecule has 0 radical (unpaired) electrons. The van der Waals surface area contributed by atoms with Crippen molar-refractivity contribution in [2.24, 2.45) is 0 Å². The second-order valence-corrected chi connectivity index (χ2v) is 5.48. The van der Waals surface area contributed by atoms with Crippen LogP contribution < -0.4 is 9.47 Å². The van der Waals surface area contributed by atoms with Crippen LogP contribution in [0.2, 0.25) is 0 Å². The number of rotatable bonds is 3. The number of methoxy groups -OCH3 is 1. The van der Waals surface area contributed by atoms with Crippen LogP contribution in [0.5, 0.6) is 11.5 Å². The van der Waals surface area contributed by atoms with Gasteiger partial charge in [0.15, 0.2) is 5.69 Å². The first-order chi connectivity index (χ1) is 9.60. The number of hydrogen-bond acceptors (Lipinski definition) is 5. The molecule has 20 heavy (non-hydrogen) atoms. The molecule has 0 saturated heterocycles. The fourth-order valence-electron chi connectivity index (χ4n) is 2.38. The zero-order valence-corrected chi connectivity index (χ0v) is 11.9. The quantitative estimate of drug-likeness (QED) is 0.941. The monoisotopic (exact) mass is 291 g/mol. The molecular formula is C14H13NO4S. The molecule has 1 unspecified atom stereocenters. The fourth-order valence-corrected chi connectivity index (χ4v) is 3.18. The lowest BCUT2D eigenvalue weighted by molar-refractivity contribution is 0.0692. The van der Waals surface area contributed by atoms with Crippen molar-refractivity contribution in [3.63, 3.8) is 0 Å². The van der Waals surface area contributed by atoms with E-state index in [2.05, 4.69) is 4.98 Å². The van der Waals surface area contributed by atoms with E-state index in [0.717, 1.165) is 17.7 Å². The number of nitrogens with zero attached hydrogens (tertiary/aromatic N) is 1. The fraction of sp³-hybridized carbons (Fsp3) is 0.286. The summed E-state index contributed by atoms with van der Waals surface area (Å²) in [5, 5.41) is 9.19. The average molecular weight is 291 g/mol. The summed E-state index contributed by atoms with van der Waals surface area (Å²) in [4.78, 5) is 15.7. The highest BCUT2D eigenvalue weighted by Crippen LogP contribution is 2.42. The Hall–Kier alpha value is -2.08. The van der Waals surface area contributed by atoms with Crippen molar-refractivity contribution in [1.82, 2.24) is 4.98 Å². The minimum atomic E-state index is -1.04. The van der Waals surface area contributed by atoms with Crippen LogP contribution in [0.1, 0.15) is 23.0 Å². The molecule has 1 aromatic carbocycles. The van der Waals surface area contributed by atoms with Gasteiger partial charge in [0.05, 0.1) is 17.5 Å². The molecule has 104 valence electrons. The lowest BCUT2D eigenvalue weighted by Gasteiger charge is -2.10. The lowest BCUT2D eigenvalue weighted by Crippen LogP contribution is -2.05. The molecule has 1 N–H and O–H groups in total. The molecule has 0 amide bonds. The normalized spacial score (nSPS) is 16.6. The van der Waals surface area contributed by atoms with E-state index in [1.807, 2.05) is 19.1 Å². The third-order valence-corrected chi connectivity index (χ3v) is 4.09. The van der Waals surface area contributed by atoms with E-state index >= 15 is 0 Å². The van der Waals surface area contributed by atoms with Gasteiger partial charge in [0.2, 0.25) is 0 Å². The zero-order chi connectivity index (χ0) is 14.3. The maximum absolute atomic E-state index is 11.2. The Morgan fingerprint density at radius 3 is 3.05 bits per heavy atom. The maximum atomic E-state index is 11.2. The molecular weight excluding hydrogens is 278 g/mol. The van der Waals surface area contributed by atoms with Crippen LogP contribution in [-0.2, 0) is 6.42 Å². The van der Waals surface area contributed by atoms with Gasteiger partial charge in [0.25, 0.3) is 0 Å². The molecule has 2 aromatic rings. The largest absolute Gasteiger partial charge is 0.496 e. The number of benzene rings is 1. The molecule has 1 aliphatic rings. The Kier molecular flexibility index (Phi) is 3.10. The van der Waals surface area contributed by atoms with Gasteiger partial charge < -0.3 is 14.6 Å². The number of fused-ring (bicyclic) bond motifs is 1. The third kappa shape index (κ3) is 2.02. The number of carboxylic acid groups (broad SMARTS) is 1. The highest BCUT2D eigenvalue weighted by molar-refractivity contribution is 7.13. The molecule has 0 fully saturated rings. The molecule has 0 spiro atoms. The summed E-state index contributed by atoms with van der Waals surface area (Å²) in [6, 6.07) is 3.76. The van der Waals surface area contributed by atoms with E-state index < -0.39 is 5.97 Å². The van der Waals surface area contributed by atoms with Crippen molar-refractivity contribution < 1.29 is 19.4 Å². The highest BCUT2D eigenvalue weighted by atomic mass is 32.1. The van der Waals surface area contributed by atoms with Crippen LogP contribution in [0.25, 0.3) is 10.4 Å². The number of carbonyl (C=O) groups is 1. The topological polar surface area (TPSA) is 68.7 Å². The molecule has 1 atom stereocenters. The van der Waals surface area contributed by atoms with Gasteiger partial charge in [-0.15, -0.1) is 11.3 Å². The Morgan fingerprint density at radius 1 is 1.55 bits per heavy atom. The SMILES string of the molecule is COc1cc2c(cc1-c1scnc1C(=O)O)OC(C)C2. The zero-order valence-electron chi connectivity index (χ0n) is 11.0. The van der Waals surface area contributed by atoms with Crippen LogP contribution in [-0.4, -0.2) is 29.3 Å². The Balaban J connectivity index is 2.16. The minimum Gasteiger partial charge on any atom is -0.496 e. The van der Waals surface area contributed by atoms with Crippen LogP contribution >= 0.6 is 11.3 Å². The molecule has 2 heterocycles. The van der Waals surface area contributed by atoms with Gasteiger partial charge >= 0.3 is 5.97 Å². The van der Waals surface area contributed by atoms with Gasteiger partial charge in [0, 0.05) is 17.5 Å². The molecule has 3 rings (SSSR count). The third-order valence-electron chi connectivity index (χ3n) is 3.23. The van der Waals surface area contributed by atoms with Crippen molar-refractivity contribution in [2.45, 2.75) is 19.4 Å². The Morgan fingerprint density at radius 2 is 2.35 bits per heavy atom. The van der Waals surface area contributed by atoms with Gasteiger partial charge in [-0.25, -0.2) is 9.78 Å². The summed E-state index contributed by atoms with van der Waals surface area (Å²) in [5.74, 6) is 0.393. The van der Waals surface area contributed by atoms with Crippen molar-refractivity contribution in [3.05, 3.63) is 28.9 Å². The van der Waals surface area contributed by atoms with Crippen molar-refractivity contribution >= 4 is 17.3 Å². The standard InChI is InChI=1S/C14H13NO4S/c1-7-3-8-4-11(18-2)9(5-10(8)19-7)13-12(14(16)17)15-6-20-13/h4-7H,3H2,1-2H3,(H,16,17). The number of aromatic carboxylic acids is 1. The van der Waals surface area contributed by atoms with Crippen LogP contribution in [0.4, 0.5) is 0 Å². The first kappa shape index (κ1) is 12.9. The van der Waals surface area contributed by atoms with Gasteiger partial charge in [0.1, 0.15) is 17.6 Å². The molecule has 0 saturated carbocycles. The van der Waals surface area contributed by atoms with Gasteiger partial charge in [-0.2, -0.15) is 0 Å². The van der Waals surface area contributed by atoms with Crippen LogP contribution in [0, 0.1) is 0 Å². The van der Waals surface area contributed by atoms with Gasteiger partial charge in [-0.3, -0.25) is 0 Å². The Bertz CT molecular complexity index is 680. The van der Waals surface area contributed by atoms with Crippen molar-refractivity contribution in [2.75, 3.05) is 7.11 Å². The first-order valence-corrected chi connectivity index (χ1v) is 7.03.